The molecule has 3 saturated carbocycles. The summed E-state index contributed by atoms with van der Waals surface area (Å²) in [5.41, 5.74) is 2.76. The number of ether oxygens (including phenoxy) is 1. The number of allylic oxidation sites excluding steroid dienone is 1. The predicted molar refractivity (Wildman–Crippen MR) is 87.1 cm³/mol. The van der Waals surface area contributed by atoms with Crippen molar-refractivity contribution < 1.29 is 4.74 Å². The van der Waals surface area contributed by atoms with Crippen LogP contribution in [0.1, 0.15) is 72.6 Å². The molecule has 1 heteroatoms. The van der Waals surface area contributed by atoms with Crippen molar-refractivity contribution in [2.24, 2.45) is 28.6 Å². The summed E-state index contributed by atoms with van der Waals surface area (Å²) < 4.78 is 6.05. The second-order valence-electron chi connectivity index (χ2n) is 9.51. The van der Waals surface area contributed by atoms with Gasteiger partial charge in [-0.1, -0.05) is 26.0 Å². The molecular formula is C20H32O. The van der Waals surface area contributed by atoms with Crippen LogP contribution in [0.15, 0.2) is 12.2 Å². The largest absolute Gasteiger partial charge is 0.366 e. The molecule has 21 heavy (non-hydrogen) atoms. The van der Waals surface area contributed by atoms with Gasteiger partial charge in [0, 0.05) is 0 Å². The van der Waals surface area contributed by atoms with Gasteiger partial charge in [-0.25, -0.2) is 0 Å². The molecule has 3 aliphatic carbocycles. The third kappa shape index (κ3) is 1.85. The summed E-state index contributed by atoms with van der Waals surface area (Å²) in [6.45, 7) is 14.1. The molecule has 1 heterocycles. The third-order valence-electron chi connectivity index (χ3n) is 8.24. The number of hydrogen-bond acceptors (Lipinski definition) is 1. The van der Waals surface area contributed by atoms with Crippen LogP contribution >= 0.6 is 0 Å². The molecular weight excluding hydrogens is 256 g/mol. The third-order valence-corrected chi connectivity index (χ3v) is 8.24. The molecule has 0 spiro atoms. The second-order valence-corrected chi connectivity index (χ2v) is 9.51. The minimum Gasteiger partial charge on any atom is -0.366 e. The molecule has 0 aromatic heterocycles. The Bertz CT molecular complexity index is 482. The van der Waals surface area contributed by atoms with Crippen LogP contribution in [0, 0.1) is 28.6 Å². The monoisotopic (exact) mass is 288 g/mol. The summed E-state index contributed by atoms with van der Waals surface area (Å²) in [5.74, 6) is 2.60. The maximum absolute atomic E-state index is 6.05. The fourth-order valence-corrected chi connectivity index (χ4v) is 6.87. The van der Waals surface area contributed by atoms with Crippen molar-refractivity contribution in [3.8, 4) is 0 Å². The number of fused-ring (bicyclic) bond motifs is 4. The van der Waals surface area contributed by atoms with E-state index >= 15 is 0 Å². The van der Waals surface area contributed by atoms with E-state index in [0.717, 1.165) is 17.8 Å². The van der Waals surface area contributed by atoms with Gasteiger partial charge in [-0.3, -0.25) is 0 Å². The van der Waals surface area contributed by atoms with E-state index in [1.807, 2.05) is 0 Å². The molecule has 1 nitrogen and oxygen atoms in total. The van der Waals surface area contributed by atoms with E-state index in [2.05, 4.69) is 34.3 Å². The highest BCUT2D eigenvalue weighted by Crippen LogP contribution is 2.68. The molecule has 0 unspecified atom stereocenters. The van der Waals surface area contributed by atoms with Crippen LogP contribution in [0.3, 0.4) is 0 Å². The van der Waals surface area contributed by atoms with Crippen LogP contribution in [0.25, 0.3) is 0 Å². The van der Waals surface area contributed by atoms with E-state index < -0.39 is 0 Å². The molecule has 1 aliphatic heterocycles. The second kappa shape index (κ2) is 4.16. The minimum atomic E-state index is 0.235. The van der Waals surface area contributed by atoms with Crippen molar-refractivity contribution in [1.82, 2.24) is 0 Å². The Morgan fingerprint density at radius 3 is 2.52 bits per heavy atom. The lowest BCUT2D eigenvalue weighted by molar-refractivity contribution is -0.0604. The van der Waals surface area contributed by atoms with Crippen LogP contribution in [0.5, 0.6) is 0 Å². The first-order chi connectivity index (χ1) is 9.79. The maximum atomic E-state index is 6.05. The highest BCUT2D eigenvalue weighted by Gasteiger charge is 2.64. The molecule has 0 bridgehead atoms. The lowest BCUT2D eigenvalue weighted by atomic mass is 9.50. The van der Waals surface area contributed by atoms with Gasteiger partial charge in [0.25, 0.3) is 0 Å². The Morgan fingerprint density at radius 2 is 1.81 bits per heavy atom. The summed E-state index contributed by atoms with van der Waals surface area (Å²) in [4.78, 5) is 0. The summed E-state index contributed by atoms with van der Waals surface area (Å²) in [5, 5.41) is 0. The van der Waals surface area contributed by atoms with Gasteiger partial charge < -0.3 is 4.74 Å². The van der Waals surface area contributed by atoms with Crippen molar-refractivity contribution in [1.29, 1.82) is 0 Å². The Morgan fingerprint density at radius 1 is 1.05 bits per heavy atom. The zero-order chi connectivity index (χ0) is 15.0. The van der Waals surface area contributed by atoms with Gasteiger partial charge in [-0.15, -0.1) is 0 Å². The van der Waals surface area contributed by atoms with E-state index in [9.17, 15) is 0 Å². The summed E-state index contributed by atoms with van der Waals surface area (Å²) in [6, 6.07) is 0. The Hall–Kier alpha value is -0.300. The minimum absolute atomic E-state index is 0.235. The van der Waals surface area contributed by atoms with E-state index in [-0.39, 0.29) is 5.60 Å². The SMILES string of the molecule is C=C(C)[C@@H]1CC[C@]2(C)[C@@H]1CC[C@]1(C)C[C@@H]3O[C@]3(C)CC[C@H]12. The molecule has 0 N–H and O–H groups in total. The highest BCUT2D eigenvalue weighted by molar-refractivity contribution is 5.16. The Balaban J connectivity index is 1.67. The molecule has 0 aromatic rings. The molecule has 7 atom stereocenters. The van der Waals surface area contributed by atoms with Gasteiger partial charge in [0.2, 0.25) is 0 Å². The molecule has 4 rings (SSSR count). The smallest absolute Gasteiger partial charge is 0.0920 e. The van der Waals surface area contributed by atoms with Crippen molar-refractivity contribution in [2.45, 2.75) is 84.3 Å². The quantitative estimate of drug-likeness (QED) is 0.468. The van der Waals surface area contributed by atoms with Crippen LogP contribution in [-0.2, 0) is 4.74 Å². The van der Waals surface area contributed by atoms with Crippen molar-refractivity contribution in [3.05, 3.63) is 12.2 Å². The molecule has 0 amide bonds. The van der Waals surface area contributed by atoms with Gasteiger partial charge in [-0.2, -0.15) is 0 Å². The van der Waals surface area contributed by atoms with E-state index in [0.29, 0.717) is 16.9 Å². The fourth-order valence-electron chi connectivity index (χ4n) is 6.87. The van der Waals surface area contributed by atoms with Crippen molar-refractivity contribution >= 4 is 0 Å². The Labute approximate surface area is 130 Å². The maximum Gasteiger partial charge on any atom is 0.0920 e. The first-order valence-corrected chi connectivity index (χ1v) is 9.12. The van der Waals surface area contributed by atoms with Crippen molar-refractivity contribution in [2.75, 3.05) is 0 Å². The van der Waals surface area contributed by atoms with Crippen LogP contribution in [0.2, 0.25) is 0 Å². The van der Waals surface area contributed by atoms with Gasteiger partial charge in [0.15, 0.2) is 0 Å². The molecule has 0 aromatic carbocycles. The molecule has 118 valence electrons. The number of hydrogen-bond donors (Lipinski definition) is 0. The lowest BCUT2D eigenvalue weighted by Gasteiger charge is -2.55. The first-order valence-electron chi connectivity index (χ1n) is 9.12. The van der Waals surface area contributed by atoms with E-state index in [4.69, 9.17) is 4.74 Å². The highest BCUT2D eigenvalue weighted by atomic mass is 16.6. The zero-order valence-corrected chi connectivity index (χ0v) is 14.4. The Kier molecular flexibility index (Phi) is 2.83. The van der Waals surface area contributed by atoms with Gasteiger partial charge in [0.1, 0.15) is 0 Å². The summed E-state index contributed by atoms with van der Waals surface area (Å²) in [6.07, 6.45) is 10.2. The van der Waals surface area contributed by atoms with Crippen LogP contribution < -0.4 is 0 Å². The summed E-state index contributed by atoms with van der Waals surface area (Å²) in [7, 11) is 0. The van der Waals surface area contributed by atoms with E-state index in [1.54, 1.807) is 0 Å². The lowest BCUT2D eigenvalue weighted by Crippen LogP contribution is -2.47. The normalized spacial score (nSPS) is 58.7. The summed E-state index contributed by atoms with van der Waals surface area (Å²) >= 11 is 0. The first kappa shape index (κ1) is 14.3. The number of epoxide rings is 1. The standard InChI is InChI=1S/C20H32O/c1-13(2)14-6-10-19(4)15(14)7-9-18(3)12-17-20(5,21-17)11-8-16(18)19/h14-17H,1,6-12H2,2-5H3/t14-,15+,16+,17-,18+,19+,20+/m0/s1. The predicted octanol–water partition coefficient (Wildman–Crippen LogP) is 5.35. The molecule has 4 fully saturated rings. The van der Waals surface area contributed by atoms with Crippen LogP contribution in [0.4, 0.5) is 0 Å². The molecule has 1 saturated heterocycles. The molecule has 4 aliphatic rings. The van der Waals surface area contributed by atoms with Crippen LogP contribution in [-0.4, -0.2) is 11.7 Å². The van der Waals surface area contributed by atoms with E-state index in [1.165, 1.54) is 50.5 Å². The average molecular weight is 288 g/mol. The average Bonchev–Trinajstić information content (AvgIpc) is 2.88. The number of rotatable bonds is 1. The van der Waals surface area contributed by atoms with Gasteiger partial charge >= 0.3 is 0 Å². The van der Waals surface area contributed by atoms with Crippen molar-refractivity contribution in [3.63, 3.8) is 0 Å². The molecule has 0 radical (unpaired) electrons. The topological polar surface area (TPSA) is 12.5 Å². The zero-order valence-electron chi connectivity index (χ0n) is 14.4. The van der Waals surface area contributed by atoms with Gasteiger partial charge in [-0.05, 0) is 87.4 Å². The van der Waals surface area contributed by atoms with Gasteiger partial charge in [0.05, 0.1) is 11.7 Å². The fraction of sp³-hybridized carbons (Fsp3) is 0.900.